The molecule has 0 spiro atoms. The van der Waals surface area contributed by atoms with Gasteiger partial charge in [-0.3, -0.25) is 0 Å². The van der Waals surface area contributed by atoms with E-state index in [1.165, 1.54) is 65.1 Å². The summed E-state index contributed by atoms with van der Waals surface area (Å²) >= 11 is 1.83. The minimum Gasteiger partial charge on any atom is -0.456 e. The van der Waals surface area contributed by atoms with Crippen LogP contribution in [0.15, 0.2) is 163 Å². The first-order chi connectivity index (χ1) is 25.3. The van der Waals surface area contributed by atoms with Crippen LogP contribution in [0.2, 0.25) is 0 Å². The largest absolute Gasteiger partial charge is 0.456 e. The fourth-order valence-corrected chi connectivity index (χ4v) is 8.99. The van der Waals surface area contributed by atoms with Gasteiger partial charge in [0.1, 0.15) is 23.8 Å². The number of aromatic nitrogens is 3. The van der Waals surface area contributed by atoms with Crippen molar-refractivity contribution in [3.8, 4) is 11.4 Å². The second kappa shape index (κ2) is 10.9. The average Bonchev–Trinajstić information content (AvgIpc) is 3.76. The Balaban J connectivity index is 1.16. The first-order valence-corrected chi connectivity index (χ1v) is 17.7. The van der Waals surface area contributed by atoms with Crippen molar-refractivity contribution in [1.82, 2.24) is 15.0 Å². The Labute approximate surface area is 295 Å². The molecule has 0 amide bonds. The average molecular weight is 671 g/mol. The molecule has 0 aliphatic carbocycles. The second-order valence-electron chi connectivity index (χ2n) is 12.9. The van der Waals surface area contributed by atoms with Gasteiger partial charge in [-0.25, -0.2) is 15.0 Å². The van der Waals surface area contributed by atoms with Crippen LogP contribution >= 0.6 is 11.3 Å². The van der Waals surface area contributed by atoms with Gasteiger partial charge >= 0.3 is 0 Å². The van der Waals surface area contributed by atoms with Crippen LogP contribution in [-0.2, 0) is 0 Å². The lowest BCUT2D eigenvalue weighted by Gasteiger charge is -2.26. The fraction of sp³-hybridized carbons (Fsp3) is 0. The molecule has 51 heavy (non-hydrogen) atoms. The summed E-state index contributed by atoms with van der Waals surface area (Å²) < 4.78 is 9.12. The van der Waals surface area contributed by atoms with Crippen LogP contribution in [0.1, 0.15) is 0 Å². The molecule has 0 fully saturated rings. The minimum absolute atomic E-state index is 0.647. The van der Waals surface area contributed by atoms with Crippen molar-refractivity contribution >= 4 is 103 Å². The molecule has 0 saturated carbocycles. The Kier molecular flexibility index (Phi) is 6.05. The summed E-state index contributed by atoms with van der Waals surface area (Å²) in [5.74, 6) is 0.647. The van der Waals surface area contributed by atoms with Crippen LogP contribution in [0.5, 0.6) is 0 Å². The van der Waals surface area contributed by atoms with Gasteiger partial charge in [0.2, 0.25) is 0 Å². The molecule has 0 atom stereocenters. The molecule has 238 valence electrons. The summed E-state index contributed by atoms with van der Waals surface area (Å²) in [6.07, 6.45) is 3.06. The highest BCUT2D eigenvalue weighted by Gasteiger charge is 2.20. The number of nitrogens with zero attached hydrogens (tertiary/aromatic N) is 4. The third-order valence-corrected chi connectivity index (χ3v) is 11.3. The number of benzene rings is 8. The van der Waals surface area contributed by atoms with Gasteiger partial charge in [-0.05, 0) is 99.0 Å². The van der Waals surface area contributed by atoms with E-state index in [0.717, 1.165) is 44.6 Å². The minimum atomic E-state index is 0.647. The Morgan fingerprint density at radius 1 is 0.451 bits per heavy atom. The van der Waals surface area contributed by atoms with E-state index in [4.69, 9.17) is 4.42 Å². The molecule has 6 heteroatoms. The summed E-state index contributed by atoms with van der Waals surface area (Å²) in [5, 5.41) is 12.1. The Morgan fingerprint density at radius 3 is 1.80 bits per heavy atom. The van der Waals surface area contributed by atoms with Gasteiger partial charge in [0, 0.05) is 43.2 Å². The molecule has 0 bridgehead atoms. The molecule has 0 radical (unpaired) electrons. The van der Waals surface area contributed by atoms with Gasteiger partial charge in [0.25, 0.3) is 0 Å². The number of furan rings is 1. The highest BCUT2D eigenvalue weighted by atomic mass is 32.1. The molecule has 11 rings (SSSR count). The fourth-order valence-electron chi connectivity index (χ4n) is 7.78. The normalized spacial score (nSPS) is 11.9. The topological polar surface area (TPSA) is 55.1 Å². The number of hydrogen-bond donors (Lipinski definition) is 0. The van der Waals surface area contributed by atoms with Crippen LogP contribution in [0.3, 0.4) is 0 Å². The number of rotatable bonds is 4. The van der Waals surface area contributed by atoms with Crippen LogP contribution in [0.25, 0.3) is 85.8 Å². The van der Waals surface area contributed by atoms with Crippen molar-refractivity contribution in [1.29, 1.82) is 0 Å². The van der Waals surface area contributed by atoms with Crippen molar-refractivity contribution in [2.45, 2.75) is 0 Å². The molecule has 0 N–H and O–H groups in total. The first kappa shape index (κ1) is 28.2. The lowest BCUT2D eigenvalue weighted by molar-refractivity contribution is 0.669. The molecule has 0 unspecified atom stereocenters. The van der Waals surface area contributed by atoms with Crippen molar-refractivity contribution in [2.24, 2.45) is 0 Å². The van der Waals surface area contributed by atoms with E-state index in [1.807, 2.05) is 11.3 Å². The van der Waals surface area contributed by atoms with Crippen molar-refractivity contribution in [3.63, 3.8) is 0 Å². The van der Waals surface area contributed by atoms with Gasteiger partial charge in [0.15, 0.2) is 5.82 Å². The quantitative estimate of drug-likeness (QED) is 0.174. The lowest BCUT2D eigenvalue weighted by atomic mass is 9.93. The highest BCUT2D eigenvalue weighted by Crippen LogP contribution is 2.46. The summed E-state index contributed by atoms with van der Waals surface area (Å²) in [6.45, 7) is 0. The Hall–Kier alpha value is -6.63. The molecule has 8 aromatic carbocycles. The predicted octanol–water partition coefficient (Wildman–Crippen LogP) is 12.7. The van der Waals surface area contributed by atoms with E-state index in [-0.39, 0.29) is 0 Å². The highest BCUT2D eigenvalue weighted by molar-refractivity contribution is 7.26. The summed E-state index contributed by atoms with van der Waals surface area (Å²) in [4.78, 5) is 15.1. The zero-order chi connectivity index (χ0) is 33.5. The van der Waals surface area contributed by atoms with Gasteiger partial charge in [-0.2, -0.15) is 0 Å². The summed E-state index contributed by atoms with van der Waals surface area (Å²) in [5.41, 5.74) is 5.89. The standard InChI is InChI=1S/C45H26N4OS/c1-3-10-32-30(8-1)31-9-2-4-11-33(31)37-24-42-39(23-36(32)37)38-22-29(20-21-41(38)50-42)49(28-18-16-27(17-19-28)45-47-25-46-26-48-45)40-14-7-13-35-34-12-5-6-15-43(34)51-44(35)40/h1-26H. The van der Waals surface area contributed by atoms with E-state index >= 15 is 0 Å². The van der Waals surface area contributed by atoms with Crippen LogP contribution < -0.4 is 4.90 Å². The molecule has 0 saturated heterocycles. The maximum Gasteiger partial charge on any atom is 0.162 e. The van der Waals surface area contributed by atoms with Crippen LogP contribution in [-0.4, -0.2) is 15.0 Å². The Bertz CT molecular complexity index is 3150. The van der Waals surface area contributed by atoms with E-state index in [1.54, 1.807) is 0 Å². The van der Waals surface area contributed by atoms with Crippen molar-refractivity contribution in [2.75, 3.05) is 4.90 Å². The van der Waals surface area contributed by atoms with Gasteiger partial charge in [-0.15, -0.1) is 11.3 Å². The maximum atomic E-state index is 6.61. The summed E-state index contributed by atoms with van der Waals surface area (Å²) in [7, 11) is 0. The Morgan fingerprint density at radius 2 is 1.06 bits per heavy atom. The number of anilines is 3. The monoisotopic (exact) mass is 670 g/mol. The van der Waals surface area contributed by atoms with Crippen molar-refractivity contribution in [3.05, 3.63) is 158 Å². The predicted molar refractivity (Wildman–Crippen MR) is 213 cm³/mol. The number of hydrogen-bond acceptors (Lipinski definition) is 6. The molecule has 3 heterocycles. The SMILES string of the molecule is c1ccc2c(c1)sc1c(N(c3ccc(-c4ncncn4)cc3)c3ccc4oc5cc6c7ccccc7c7ccccc7c6cc5c4c3)cccc12. The molecular weight excluding hydrogens is 645 g/mol. The maximum absolute atomic E-state index is 6.61. The second-order valence-corrected chi connectivity index (χ2v) is 13.9. The number of thiophene rings is 1. The van der Waals surface area contributed by atoms with E-state index in [2.05, 4.69) is 165 Å². The zero-order valence-electron chi connectivity index (χ0n) is 27.1. The molecule has 11 aromatic rings. The van der Waals surface area contributed by atoms with Crippen molar-refractivity contribution < 1.29 is 4.42 Å². The molecule has 0 aliphatic heterocycles. The van der Waals surface area contributed by atoms with Crippen LogP contribution in [0.4, 0.5) is 17.1 Å². The van der Waals surface area contributed by atoms with Gasteiger partial charge in [0.05, 0.1) is 10.4 Å². The molecular formula is C45H26N4OS. The lowest BCUT2D eigenvalue weighted by Crippen LogP contribution is -2.10. The first-order valence-electron chi connectivity index (χ1n) is 16.9. The molecule has 3 aromatic heterocycles. The zero-order valence-corrected chi connectivity index (χ0v) is 27.9. The third kappa shape index (κ3) is 4.30. The molecule has 0 aliphatic rings. The van der Waals surface area contributed by atoms with Crippen LogP contribution in [0, 0.1) is 0 Å². The number of fused-ring (bicyclic) bond motifs is 12. The van der Waals surface area contributed by atoms with E-state index in [9.17, 15) is 0 Å². The third-order valence-electron chi connectivity index (χ3n) is 10.1. The summed E-state index contributed by atoms with van der Waals surface area (Å²) in [6, 6.07) is 52.2. The smallest absolute Gasteiger partial charge is 0.162 e. The van der Waals surface area contributed by atoms with E-state index in [0.29, 0.717) is 5.82 Å². The van der Waals surface area contributed by atoms with E-state index < -0.39 is 0 Å². The van der Waals surface area contributed by atoms with Gasteiger partial charge in [-0.1, -0.05) is 78.9 Å². The van der Waals surface area contributed by atoms with Gasteiger partial charge < -0.3 is 9.32 Å². The molecule has 5 nitrogen and oxygen atoms in total.